The van der Waals surface area contributed by atoms with Gasteiger partial charge in [0.15, 0.2) is 11.7 Å². The van der Waals surface area contributed by atoms with Gasteiger partial charge in [-0.3, -0.25) is 9.59 Å². The zero-order valence-corrected chi connectivity index (χ0v) is 20.4. The lowest BCUT2D eigenvalue weighted by Gasteiger charge is -2.31. The molecule has 2 aliphatic rings. The fraction of sp³-hybridized carbons (Fsp3) is 0.333. The Labute approximate surface area is 210 Å². The molecule has 1 aromatic carbocycles. The van der Waals surface area contributed by atoms with Gasteiger partial charge in [-0.05, 0) is 43.5 Å². The number of ether oxygens (including phenoxy) is 1. The molecule has 37 heavy (non-hydrogen) atoms. The predicted octanol–water partition coefficient (Wildman–Crippen LogP) is 1.53. The van der Waals surface area contributed by atoms with Gasteiger partial charge < -0.3 is 24.8 Å². The number of esters is 1. The maximum atomic E-state index is 14.5. The molecule has 0 aliphatic carbocycles. The molecule has 2 aliphatic heterocycles. The number of aliphatic hydroxyl groups excluding tert-OH is 1. The van der Waals surface area contributed by atoms with Gasteiger partial charge in [0, 0.05) is 29.1 Å². The van der Waals surface area contributed by atoms with E-state index in [1.54, 1.807) is 26.0 Å². The molecule has 5 rings (SSSR count). The molecular weight excluding hydrogens is 481 g/mol. The second-order valence-corrected chi connectivity index (χ2v) is 9.15. The van der Waals surface area contributed by atoms with Gasteiger partial charge in [0.2, 0.25) is 0 Å². The zero-order chi connectivity index (χ0) is 26.6. The molecule has 10 heteroatoms. The first-order chi connectivity index (χ1) is 17.6. The zero-order valence-electron chi connectivity index (χ0n) is 20.4. The summed E-state index contributed by atoms with van der Waals surface area (Å²) in [7, 11) is 0. The Bertz CT molecular complexity index is 1630. The number of aromatic nitrogens is 2. The second kappa shape index (κ2) is 8.80. The molecule has 0 bridgehead atoms. The number of nitrogens with zero attached hydrogens (tertiary/aromatic N) is 2. The summed E-state index contributed by atoms with van der Waals surface area (Å²) in [6.45, 7) is 4.55. The first kappa shape index (κ1) is 24.6. The fourth-order valence-corrected chi connectivity index (χ4v) is 4.97. The first-order valence-electron chi connectivity index (χ1n) is 11.8. The van der Waals surface area contributed by atoms with Gasteiger partial charge in [-0.25, -0.2) is 14.2 Å². The quantitative estimate of drug-likeness (QED) is 0.283. The van der Waals surface area contributed by atoms with E-state index in [1.165, 1.54) is 17.6 Å². The normalized spacial score (nSPS) is 18.3. The second-order valence-electron chi connectivity index (χ2n) is 9.15. The largest absolute Gasteiger partial charge is 0.458 e. The van der Waals surface area contributed by atoms with Crippen LogP contribution >= 0.6 is 0 Å². The summed E-state index contributed by atoms with van der Waals surface area (Å²) in [4.78, 5) is 42.9. The number of cyclic esters (lactones) is 1. The van der Waals surface area contributed by atoms with Crippen molar-refractivity contribution in [3.63, 3.8) is 0 Å². The lowest BCUT2D eigenvalue weighted by molar-refractivity contribution is -0.172. The highest BCUT2D eigenvalue weighted by atomic mass is 19.1. The van der Waals surface area contributed by atoms with E-state index in [1.807, 2.05) is 0 Å². The van der Waals surface area contributed by atoms with Gasteiger partial charge in [-0.1, -0.05) is 12.8 Å². The minimum Gasteiger partial charge on any atom is -0.458 e. The summed E-state index contributed by atoms with van der Waals surface area (Å²) in [6, 6.07) is 4.48. The Morgan fingerprint density at radius 1 is 1.32 bits per heavy atom. The van der Waals surface area contributed by atoms with E-state index in [0.717, 1.165) is 0 Å². The van der Waals surface area contributed by atoms with Crippen LogP contribution in [0.25, 0.3) is 22.3 Å². The highest BCUT2D eigenvalue weighted by molar-refractivity contribution is 5.90. The molecule has 9 nitrogen and oxygen atoms in total. The minimum absolute atomic E-state index is 0.00445. The Balaban J connectivity index is 1.72. The predicted molar refractivity (Wildman–Crippen MR) is 131 cm³/mol. The number of amides is 1. The van der Waals surface area contributed by atoms with Crippen LogP contribution < -0.4 is 10.9 Å². The standard InChI is InChI=1S/C27H24FN3O6/c1-4-6-22(32)24(33)29-10-15-14-7-13(3)19(28)9-20(14)30-23-16(15)11-31-21(23)8-18-17(25(31)34)12-37-26(35)27(18,36)5-2/h7-9,22,32,36H,5,10-12H2,1-3H3,(H,29,33)/t22-,27+/m1/s1. The summed E-state index contributed by atoms with van der Waals surface area (Å²) < 4.78 is 21.1. The third-order valence-corrected chi connectivity index (χ3v) is 7.05. The Hall–Kier alpha value is -4.07. The molecule has 190 valence electrons. The number of pyridine rings is 2. The molecule has 1 amide bonds. The number of halogens is 1. The number of hydrogen-bond donors (Lipinski definition) is 3. The topological polar surface area (TPSA) is 131 Å². The summed E-state index contributed by atoms with van der Waals surface area (Å²) in [5.74, 6) is 2.88. The molecule has 2 atom stereocenters. The maximum absolute atomic E-state index is 14.5. The van der Waals surface area contributed by atoms with Crippen molar-refractivity contribution >= 4 is 22.8 Å². The summed E-state index contributed by atoms with van der Waals surface area (Å²) in [5.41, 5.74) is 0.617. The Kier molecular flexibility index (Phi) is 5.85. The lowest BCUT2D eigenvalue weighted by atomic mass is 9.86. The minimum atomic E-state index is -1.97. The van der Waals surface area contributed by atoms with Crippen LogP contribution in [0.4, 0.5) is 4.39 Å². The summed E-state index contributed by atoms with van der Waals surface area (Å²) in [6.07, 6.45) is -1.51. The van der Waals surface area contributed by atoms with Crippen molar-refractivity contribution in [2.24, 2.45) is 0 Å². The fourth-order valence-electron chi connectivity index (χ4n) is 4.97. The van der Waals surface area contributed by atoms with Crippen LogP contribution in [0.2, 0.25) is 0 Å². The molecule has 2 aromatic heterocycles. The molecule has 0 saturated heterocycles. The highest BCUT2D eigenvalue weighted by Crippen LogP contribution is 2.40. The molecule has 3 N–H and O–H groups in total. The van der Waals surface area contributed by atoms with Crippen LogP contribution in [-0.4, -0.2) is 37.7 Å². The third kappa shape index (κ3) is 3.70. The van der Waals surface area contributed by atoms with Gasteiger partial charge in [-0.2, -0.15) is 0 Å². The maximum Gasteiger partial charge on any atom is 0.343 e. The number of rotatable bonds is 4. The molecule has 4 heterocycles. The monoisotopic (exact) mass is 505 g/mol. The van der Waals surface area contributed by atoms with Crippen LogP contribution in [0, 0.1) is 24.6 Å². The highest BCUT2D eigenvalue weighted by Gasteiger charge is 2.45. The Morgan fingerprint density at radius 2 is 2.08 bits per heavy atom. The van der Waals surface area contributed by atoms with Crippen LogP contribution in [0.5, 0.6) is 0 Å². The van der Waals surface area contributed by atoms with E-state index in [-0.39, 0.29) is 37.2 Å². The van der Waals surface area contributed by atoms with Crippen molar-refractivity contribution in [2.45, 2.75) is 58.6 Å². The number of carbonyl (C=O) groups excluding carboxylic acids is 2. The van der Waals surface area contributed by atoms with Crippen molar-refractivity contribution in [3.8, 4) is 23.2 Å². The summed E-state index contributed by atoms with van der Waals surface area (Å²) >= 11 is 0. The van der Waals surface area contributed by atoms with E-state index >= 15 is 0 Å². The van der Waals surface area contributed by atoms with Crippen LogP contribution in [0.1, 0.15) is 48.1 Å². The van der Waals surface area contributed by atoms with E-state index in [4.69, 9.17) is 4.74 Å². The third-order valence-electron chi connectivity index (χ3n) is 7.05. The SMILES string of the molecule is CC#C[C@@H](O)C(=O)NCc1c2c(nc3cc(F)c(C)cc13)-c1cc3c(c(=O)n1C2)COC(=O)[C@]3(O)CC. The molecule has 0 saturated carbocycles. The van der Waals surface area contributed by atoms with Crippen molar-refractivity contribution in [3.05, 3.63) is 62.2 Å². The average Bonchev–Trinajstić information content (AvgIpc) is 3.24. The van der Waals surface area contributed by atoms with Gasteiger partial charge in [0.25, 0.3) is 11.5 Å². The number of fused-ring (bicyclic) bond motifs is 5. The Morgan fingerprint density at radius 3 is 2.78 bits per heavy atom. The first-order valence-corrected chi connectivity index (χ1v) is 11.8. The van der Waals surface area contributed by atoms with Crippen LogP contribution in [-0.2, 0) is 39.6 Å². The molecule has 0 fully saturated rings. The number of aliphatic hydroxyl groups is 2. The van der Waals surface area contributed by atoms with Crippen molar-refractivity contribution in [1.82, 2.24) is 14.9 Å². The van der Waals surface area contributed by atoms with E-state index in [9.17, 15) is 29.0 Å². The van der Waals surface area contributed by atoms with Crippen LogP contribution in [0.3, 0.4) is 0 Å². The van der Waals surface area contributed by atoms with Crippen LogP contribution in [0.15, 0.2) is 23.0 Å². The molecule has 0 radical (unpaired) electrons. The van der Waals surface area contributed by atoms with E-state index < -0.39 is 35.0 Å². The molecule has 0 spiro atoms. The van der Waals surface area contributed by atoms with Crippen molar-refractivity contribution in [1.29, 1.82) is 0 Å². The number of aryl methyl sites for hydroxylation is 1. The number of hydrogen-bond acceptors (Lipinski definition) is 7. The van der Waals surface area contributed by atoms with E-state index in [0.29, 0.717) is 39.0 Å². The van der Waals surface area contributed by atoms with Crippen molar-refractivity contribution < 1.29 is 28.9 Å². The average molecular weight is 506 g/mol. The molecule has 3 aromatic rings. The number of benzene rings is 1. The summed E-state index contributed by atoms with van der Waals surface area (Å²) in [5, 5.41) is 24.2. The number of carbonyl (C=O) groups is 2. The van der Waals surface area contributed by atoms with Crippen molar-refractivity contribution in [2.75, 3.05) is 0 Å². The van der Waals surface area contributed by atoms with Gasteiger partial charge >= 0.3 is 5.97 Å². The smallest absolute Gasteiger partial charge is 0.343 e. The molecular formula is C27H24FN3O6. The van der Waals surface area contributed by atoms with E-state index in [2.05, 4.69) is 22.1 Å². The van der Waals surface area contributed by atoms with Gasteiger partial charge in [0.05, 0.1) is 29.0 Å². The van der Waals surface area contributed by atoms with Gasteiger partial charge in [-0.15, -0.1) is 5.92 Å². The number of nitrogens with one attached hydrogen (secondary N) is 1. The lowest BCUT2D eigenvalue weighted by Crippen LogP contribution is -2.44. The van der Waals surface area contributed by atoms with Gasteiger partial charge in [0.1, 0.15) is 12.4 Å². The molecule has 0 unspecified atom stereocenters.